The Hall–Kier alpha value is -0.520. The van der Waals surface area contributed by atoms with Gasteiger partial charge in [-0.25, -0.2) is 0 Å². The zero-order valence-corrected chi connectivity index (χ0v) is 11.1. The van der Waals surface area contributed by atoms with Crippen molar-refractivity contribution in [1.82, 2.24) is 0 Å². The third-order valence-corrected chi connectivity index (χ3v) is 2.90. The lowest BCUT2D eigenvalue weighted by molar-refractivity contribution is 0.503. The van der Waals surface area contributed by atoms with Crippen molar-refractivity contribution in [3.63, 3.8) is 0 Å². The van der Waals surface area contributed by atoms with Crippen LogP contribution in [0, 0.1) is 5.92 Å². The molecule has 0 heterocycles. The van der Waals surface area contributed by atoms with Crippen LogP contribution in [-0.4, -0.2) is 0 Å². The monoisotopic (exact) mass is 208 g/mol. The summed E-state index contributed by atoms with van der Waals surface area (Å²) in [7, 11) is 0. The molecule has 15 heavy (non-hydrogen) atoms. The Morgan fingerprint density at radius 1 is 1.00 bits per heavy atom. The molecule has 0 aromatic heterocycles. The third kappa shape index (κ3) is 7.41. The van der Waals surface area contributed by atoms with Gasteiger partial charge in [-0.3, -0.25) is 0 Å². The first-order valence-corrected chi connectivity index (χ1v) is 6.57. The Labute approximate surface area is 96.5 Å². The lowest BCUT2D eigenvalue weighted by Crippen LogP contribution is -2.01. The summed E-state index contributed by atoms with van der Waals surface area (Å²) in [5, 5.41) is 0. The first-order valence-electron chi connectivity index (χ1n) is 6.57. The normalized spacial score (nSPS) is 13.0. The molecule has 0 saturated carbocycles. The van der Waals surface area contributed by atoms with Crippen molar-refractivity contribution in [3.8, 4) is 0 Å². The van der Waals surface area contributed by atoms with Crippen molar-refractivity contribution in [2.75, 3.05) is 0 Å². The van der Waals surface area contributed by atoms with Gasteiger partial charge in [0.2, 0.25) is 0 Å². The summed E-state index contributed by atoms with van der Waals surface area (Å²) in [5.41, 5.74) is 1.60. The second-order valence-corrected chi connectivity index (χ2v) is 4.34. The SMILES string of the molecule is CCC=CCC=C(C)C(CCC)CCC. The van der Waals surface area contributed by atoms with Crippen LogP contribution in [0.4, 0.5) is 0 Å². The molecule has 0 fully saturated rings. The molecular formula is C15H28. The molecule has 0 N–H and O–H groups in total. The zero-order chi connectivity index (χ0) is 11.5. The first-order chi connectivity index (χ1) is 7.26. The van der Waals surface area contributed by atoms with E-state index < -0.39 is 0 Å². The average Bonchev–Trinajstić information content (AvgIpc) is 2.24. The van der Waals surface area contributed by atoms with Gasteiger partial charge in [0.05, 0.1) is 0 Å². The van der Waals surface area contributed by atoms with Gasteiger partial charge < -0.3 is 0 Å². The maximum atomic E-state index is 2.40. The molecule has 0 aromatic carbocycles. The van der Waals surface area contributed by atoms with Crippen LogP contribution in [0.1, 0.15) is 66.2 Å². The molecule has 0 atom stereocenters. The highest BCUT2D eigenvalue weighted by Gasteiger charge is 2.07. The van der Waals surface area contributed by atoms with Crippen LogP contribution in [0.5, 0.6) is 0 Å². The highest BCUT2D eigenvalue weighted by atomic mass is 14.1. The van der Waals surface area contributed by atoms with Gasteiger partial charge in [0.1, 0.15) is 0 Å². The molecule has 0 nitrogen and oxygen atoms in total. The Morgan fingerprint density at radius 3 is 2.07 bits per heavy atom. The second-order valence-electron chi connectivity index (χ2n) is 4.34. The Morgan fingerprint density at radius 2 is 1.60 bits per heavy atom. The summed E-state index contributed by atoms with van der Waals surface area (Å²) in [5.74, 6) is 0.829. The van der Waals surface area contributed by atoms with Crippen LogP contribution >= 0.6 is 0 Å². The maximum Gasteiger partial charge on any atom is -0.0167 e. The molecule has 88 valence electrons. The third-order valence-electron chi connectivity index (χ3n) is 2.90. The minimum Gasteiger partial charge on any atom is -0.0885 e. The highest BCUT2D eigenvalue weighted by Crippen LogP contribution is 2.22. The predicted molar refractivity (Wildman–Crippen MR) is 71.1 cm³/mol. The molecule has 0 amide bonds. The number of rotatable bonds is 8. The molecule has 0 spiro atoms. The van der Waals surface area contributed by atoms with E-state index >= 15 is 0 Å². The minimum absolute atomic E-state index is 0.829. The van der Waals surface area contributed by atoms with Gasteiger partial charge >= 0.3 is 0 Å². The summed E-state index contributed by atoms with van der Waals surface area (Å²) >= 11 is 0. The highest BCUT2D eigenvalue weighted by molar-refractivity contribution is 5.06. The van der Waals surface area contributed by atoms with Crippen LogP contribution in [-0.2, 0) is 0 Å². The molecule has 0 bridgehead atoms. The predicted octanol–water partition coefficient (Wildman–Crippen LogP) is 5.51. The molecule has 0 radical (unpaired) electrons. The summed E-state index contributed by atoms with van der Waals surface area (Å²) in [6, 6.07) is 0. The van der Waals surface area contributed by atoms with Crippen molar-refractivity contribution < 1.29 is 0 Å². The van der Waals surface area contributed by atoms with Crippen molar-refractivity contribution >= 4 is 0 Å². The average molecular weight is 208 g/mol. The molecule has 0 aromatic rings. The summed E-state index contributed by atoms with van der Waals surface area (Å²) in [4.78, 5) is 0. The fourth-order valence-corrected chi connectivity index (χ4v) is 1.98. The number of hydrogen-bond acceptors (Lipinski definition) is 0. The minimum atomic E-state index is 0.829. The Balaban J connectivity index is 4.08. The van der Waals surface area contributed by atoms with Gasteiger partial charge in [-0.2, -0.15) is 0 Å². The van der Waals surface area contributed by atoms with Crippen LogP contribution in [0.2, 0.25) is 0 Å². The molecule has 0 aliphatic heterocycles. The van der Waals surface area contributed by atoms with Crippen molar-refractivity contribution in [2.45, 2.75) is 66.2 Å². The largest absolute Gasteiger partial charge is 0.0885 e. The smallest absolute Gasteiger partial charge is 0.0167 e. The van der Waals surface area contributed by atoms with E-state index in [9.17, 15) is 0 Å². The van der Waals surface area contributed by atoms with Gasteiger partial charge in [0.15, 0.2) is 0 Å². The molecule has 0 heteroatoms. The summed E-state index contributed by atoms with van der Waals surface area (Å²) in [6.07, 6.45) is 14.5. The Kier molecular flexibility index (Phi) is 9.67. The molecule has 0 aliphatic rings. The van der Waals surface area contributed by atoms with Crippen molar-refractivity contribution in [2.24, 2.45) is 5.92 Å². The Bertz CT molecular complexity index is 180. The van der Waals surface area contributed by atoms with E-state index in [0.717, 1.165) is 18.8 Å². The quantitative estimate of drug-likeness (QED) is 0.462. The second kappa shape index (κ2) is 10.0. The lowest BCUT2D eigenvalue weighted by atomic mass is 9.90. The van der Waals surface area contributed by atoms with Gasteiger partial charge in [0.25, 0.3) is 0 Å². The van der Waals surface area contributed by atoms with Gasteiger partial charge in [-0.15, -0.1) is 0 Å². The van der Waals surface area contributed by atoms with Gasteiger partial charge in [-0.05, 0) is 38.5 Å². The van der Waals surface area contributed by atoms with E-state index in [1.165, 1.54) is 25.7 Å². The topological polar surface area (TPSA) is 0 Å². The first kappa shape index (κ1) is 14.5. The van der Waals surface area contributed by atoms with Crippen LogP contribution in [0.3, 0.4) is 0 Å². The zero-order valence-electron chi connectivity index (χ0n) is 11.1. The summed E-state index contributed by atoms with van der Waals surface area (Å²) < 4.78 is 0. The molecular weight excluding hydrogens is 180 g/mol. The number of hydrogen-bond donors (Lipinski definition) is 0. The van der Waals surface area contributed by atoms with E-state index in [2.05, 4.69) is 45.9 Å². The number of allylic oxidation sites excluding steroid dienone is 4. The summed E-state index contributed by atoms with van der Waals surface area (Å²) in [6.45, 7) is 9.06. The molecule has 0 rings (SSSR count). The van der Waals surface area contributed by atoms with Gasteiger partial charge in [-0.1, -0.05) is 57.4 Å². The fraction of sp³-hybridized carbons (Fsp3) is 0.733. The van der Waals surface area contributed by atoms with E-state index in [0.29, 0.717) is 0 Å². The van der Waals surface area contributed by atoms with Gasteiger partial charge in [0, 0.05) is 0 Å². The van der Waals surface area contributed by atoms with E-state index in [-0.39, 0.29) is 0 Å². The molecule has 0 aliphatic carbocycles. The fourth-order valence-electron chi connectivity index (χ4n) is 1.98. The van der Waals surface area contributed by atoms with Crippen molar-refractivity contribution in [1.29, 1.82) is 0 Å². The van der Waals surface area contributed by atoms with E-state index in [4.69, 9.17) is 0 Å². The lowest BCUT2D eigenvalue weighted by Gasteiger charge is -2.15. The van der Waals surface area contributed by atoms with Crippen molar-refractivity contribution in [3.05, 3.63) is 23.8 Å². The molecule has 0 unspecified atom stereocenters. The van der Waals surface area contributed by atoms with E-state index in [1.807, 2.05) is 0 Å². The standard InChI is InChI=1S/C15H28/c1-5-8-9-10-13-14(4)15(11-6-2)12-7-3/h8-9,13,15H,5-7,10-12H2,1-4H3. The molecule has 0 saturated heterocycles. The van der Waals surface area contributed by atoms with Crippen LogP contribution < -0.4 is 0 Å². The van der Waals surface area contributed by atoms with Crippen LogP contribution in [0.15, 0.2) is 23.8 Å². The maximum absolute atomic E-state index is 2.40. The van der Waals surface area contributed by atoms with Crippen LogP contribution in [0.25, 0.3) is 0 Å². The van der Waals surface area contributed by atoms with E-state index in [1.54, 1.807) is 5.57 Å².